The Kier molecular flexibility index (Phi) is 2.26. The molecule has 11 heavy (non-hydrogen) atoms. The predicted molar refractivity (Wildman–Crippen MR) is 45.8 cm³/mol. The van der Waals surface area contributed by atoms with Crippen LogP contribution in [0.3, 0.4) is 0 Å². The van der Waals surface area contributed by atoms with Crippen LogP contribution in [0.1, 0.15) is 10.5 Å². The highest BCUT2D eigenvalue weighted by Gasteiger charge is 2.02. The lowest BCUT2D eigenvalue weighted by Gasteiger charge is -1.98. The van der Waals surface area contributed by atoms with Crippen LogP contribution in [0.4, 0.5) is 0 Å². The second-order valence-electron chi connectivity index (χ2n) is 2.30. The van der Waals surface area contributed by atoms with Crippen molar-refractivity contribution in [1.29, 1.82) is 0 Å². The third kappa shape index (κ3) is 1.80. The largest absolute Gasteiger partial charge is 0.354 e. The highest BCUT2D eigenvalue weighted by molar-refractivity contribution is 6.32. The Bertz CT molecular complexity index is 275. The molecule has 1 rings (SSSR count). The third-order valence-electron chi connectivity index (χ3n) is 1.38. The fourth-order valence-electron chi connectivity index (χ4n) is 0.788. The lowest BCUT2D eigenvalue weighted by atomic mass is 9.97. The Hall–Kier alpha value is -1.32. The van der Waals surface area contributed by atoms with Crippen LogP contribution < -0.4 is 10.8 Å². The Balaban J connectivity index is 2.96. The van der Waals surface area contributed by atoms with Gasteiger partial charge in [0.25, 0.3) is 5.91 Å². The molecule has 0 aliphatic carbocycles. The molecule has 1 aromatic rings. The summed E-state index contributed by atoms with van der Waals surface area (Å²) < 4.78 is 0. The quantitative estimate of drug-likeness (QED) is 0.503. The predicted octanol–water partition coefficient (Wildman–Crippen LogP) is -1.30. The van der Waals surface area contributed by atoms with Crippen molar-refractivity contribution in [2.45, 2.75) is 0 Å². The molecule has 0 fully saturated rings. The van der Waals surface area contributed by atoms with Crippen LogP contribution in [0.5, 0.6) is 0 Å². The highest BCUT2D eigenvalue weighted by atomic mass is 16.1. The van der Waals surface area contributed by atoms with Crippen LogP contribution in [-0.2, 0) is 0 Å². The maximum Gasteiger partial charge on any atom is 0.269 e. The van der Waals surface area contributed by atoms with Crippen molar-refractivity contribution in [3.8, 4) is 0 Å². The molecule has 0 saturated heterocycles. The van der Waals surface area contributed by atoms with E-state index in [1.54, 1.807) is 19.3 Å². The van der Waals surface area contributed by atoms with E-state index in [4.69, 9.17) is 0 Å². The number of nitrogens with zero attached hydrogens (tertiary/aromatic N) is 1. The van der Waals surface area contributed by atoms with Gasteiger partial charge in [-0.1, -0.05) is 11.5 Å². The summed E-state index contributed by atoms with van der Waals surface area (Å²) in [5, 5.41) is 2.51. The Morgan fingerprint density at radius 1 is 1.73 bits per heavy atom. The molecule has 0 aromatic carbocycles. The van der Waals surface area contributed by atoms with E-state index in [1.807, 2.05) is 13.9 Å². The molecule has 1 heterocycles. The van der Waals surface area contributed by atoms with Crippen LogP contribution in [0, 0.1) is 0 Å². The number of amides is 1. The van der Waals surface area contributed by atoms with Crippen LogP contribution in [0.15, 0.2) is 18.3 Å². The van der Waals surface area contributed by atoms with E-state index < -0.39 is 0 Å². The van der Waals surface area contributed by atoms with E-state index in [0.717, 1.165) is 5.46 Å². The van der Waals surface area contributed by atoms with Crippen molar-refractivity contribution < 1.29 is 4.79 Å². The summed E-state index contributed by atoms with van der Waals surface area (Å²) in [7, 11) is 3.51. The molecular weight excluding hydrogens is 139 g/mol. The second kappa shape index (κ2) is 3.19. The number of hydrogen-bond donors (Lipinski definition) is 1. The van der Waals surface area contributed by atoms with Crippen molar-refractivity contribution in [3.05, 3.63) is 24.0 Å². The number of rotatable bonds is 1. The first kappa shape index (κ1) is 7.79. The number of aromatic nitrogens is 1. The molecule has 0 radical (unpaired) electrons. The van der Waals surface area contributed by atoms with E-state index in [0.29, 0.717) is 5.69 Å². The van der Waals surface area contributed by atoms with Gasteiger partial charge in [-0.2, -0.15) is 0 Å². The summed E-state index contributed by atoms with van der Waals surface area (Å²) in [5.74, 6) is -0.145. The number of hydrogen-bond acceptors (Lipinski definition) is 2. The fraction of sp³-hybridized carbons (Fsp3) is 0.143. The molecule has 0 aliphatic heterocycles. The lowest BCUT2D eigenvalue weighted by Crippen LogP contribution is -2.21. The SMILES string of the molecule is Bc1ccnc(C(=O)NC)c1. The smallest absolute Gasteiger partial charge is 0.269 e. The Morgan fingerprint density at radius 3 is 3.00 bits per heavy atom. The first-order valence-corrected chi connectivity index (χ1v) is 3.39. The van der Waals surface area contributed by atoms with Gasteiger partial charge < -0.3 is 5.32 Å². The maximum atomic E-state index is 11.0. The van der Waals surface area contributed by atoms with E-state index in [1.165, 1.54) is 0 Å². The van der Waals surface area contributed by atoms with Gasteiger partial charge in [-0.15, -0.1) is 0 Å². The molecule has 1 aromatic heterocycles. The zero-order valence-corrected chi connectivity index (χ0v) is 6.59. The van der Waals surface area contributed by atoms with Crippen molar-refractivity contribution in [2.24, 2.45) is 0 Å². The molecule has 0 bridgehead atoms. The third-order valence-corrected chi connectivity index (χ3v) is 1.38. The molecule has 1 amide bonds. The van der Waals surface area contributed by atoms with Crippen molar-refractivity contribution in [3.63, 3.8) is 0 Å². The van der Waals surface area contributed by atoms with E-state index in [9.17, 15) is 4.79 Å². The summed E-state index contributed by atoms with van der Waals surface area (Å²) in [6.07, 6.45) is 1.62. The van der Waals surface area contributed by atoms with Gasteiger partial charge in [-0.25, -0.2) is 0 Å². The van der Waals surface area contributed by atoms with Crippen molar-refractivity contribution >= 4 is 19.2 Å². The minimum absolute atomic E-state index is 0.145. The van der Waals surface area contributed by atoms with Crippen LogP contribution in [0.2, 0.25) is 0 Å². The monoisotopic (exact) mass is 148 g/mol. The van der Waals surface area contributed by atoms with Gasteiger partial charge in [0.1, 0.15) is 13.5 Å². The molecule has 0 spiro atoms. The molecule has 56 valence electrons. The average Bonchev–Trinajstić information content (AvgIpc) is 2.03. The molecule has 0 saturated carbocycles. The first-order chi connectivity index (χ1) is 5.24. The summed E-state index contributed by atoms with van der Waals surface area (Å²) in [6.45, 7) is 0. The van der Waals surface area contributed by atoms with Crippen LogP contribution in [0.25, 0.3) is 0 Å². The van der Waals surface area contributed by atoms with E-state index in [2.05, 4.69) is 10.3 Å². The Labute approximate surface area is 66.2 Å². The van der Waals surface area contributed by atoms with Gasteiger partial charge in [0.05, 0.1) is 0 Å². The standard InChI is InChI=1S/C7H9BN2O/c1-9-7(11)6-4-5(8)2-3-10-6/h2-4H,8H2,1H3,(H,9,11). The molecule has 0 aliphatic rings. The summed E-state index contributed by atoms with van der Waals surface area (Å²) in [4.78, 5) is 14.9. The van der Waals surface area contributed by atoms with Crippen LogP contribution >= 0.6 is 0 Å². The summed E-state index contributed by atoms with van der Waals surface area (Å²) >= 11 is 0. The highest BCUT2D eigenvalue weighted by Crippen LogP contribution is 1.88. The van der Waals surface area contributed by atoms with Crippen LogP contribution in [-0.4, -0.2) is 25.8 Å². The van der Waals surface area contributed by atoms with Crippen molar-refractivity contribution in [1.82, 2.24) is 10.3 Å². The zero-order valence-electron chi connectivity index (χ0n) is 6.59. The number of carbonyl (C=O) groups is 1. The number of nitrogens with one attached hydrogen (secondary N) is 1. The molecule has 3 nitrogen and oxygen atoms in total. The number of pyridine rings is 1. The summed E-state index contributed by atoms with van der Waals surface area (Å²) in [5.41, 5.74) is 1.51. The average molecular weight is 148 g/mol. The van der Waals surface area contributed by atoms with Gasteiger partial charge in [0.2, 0.25) is 0 Å². The number of carbonyl (C=O) groups excluding carboxylic acids is 1. The van der Waals surface area contributed by atoms with Gasteiger partial charge in [-0.05, 0) is 6.07 Å². The molecule has 0 unspecified atom stereocenters. The Morgan fingerprint density at radius 2 is 2.45 bits per heavy atom. The topological polar surface area (TPSA) is 42.0 Å². The molecular formula is C7H9BN2O. The first-order valence-electron chi connectivity index (χ1n) is 3.39. The van der Waals surface area contributed by atoms with E-state index >= 15 is 0 Å². The van der Waals surface area contributed by atoms with Gasteiger partial charge in [0, 0.05) is 13.2 Å². The molecule has 1 N–H and O–H groups in total. The minimum atomic E-state index is -0.145. The summed E-state index contributed by atoms with van der Waals surface area (Å²) in [6, 6.07) is 3.60. The van der Waals surface area contributed by atoms with Gasteiger partial charge >= 0.3 is 0 Å². The fourth-order valence-corrected chi connectivity index (χ4v) is 0.788. The molecule has 4 heteroatoms. The van der Waals surface area contributed by atoms with Gasteiger partial charge in [0.15, 0.2) is 0 Å². The zero-order chi connectivity index (χ0) is 8.27. The normalized spacial score (nSPS) is 9.18. The van der Waals surface area contributed by atoms with Crippen molar-refractivity contribution in [2.75, 3.05) is 7.05 Å². The lowest BCUT2D eigenvalue weighted by molar-refractivity contribution is 0.0958. The van der Waals surface area contributed by atoms with E-state index in [-0.39, 0.29) is 5.91 Å². The molecule has 0 atom stereocenters. The second-order valence-corrected chi connectivity index (χ2v) is 2.30. The van der Waals surface area contributed by atoms with Gasteiger partial charge in [-0.3, -0.25) is 9.78 Å². The minimum Gasteiger partial charge on any atom is -0.354 e. The maximum absolute atomic E-state index is 11.0.